The Labute approximate surface area is 95.0 Å². The van der Waals surface area contributed by atoms with Crippen LogP contribution in [0.1, 0.15) is 32.6 Å². The zero-order valence-corrected chi connectivity index (χ0v) is 9.76. The van der Waals surface area contributed by atoms with Crippen LogP contribution in [-0.4, -0.2) is 36.8 Å². The molecule has 2 unspecified atom stereocenters. The predicted molar refractivity (Wildman–Crippen MR) is 58.1 cm³/mol. The molecule has 1 saturated heterocycles. The molecule has 5 heteroatoms. The van der Waals surface area contributed by atoms with Gasteiger partial charge in [0.15, 0.2) is 0 Å². The number of halogens is 3. The van der Waals surface area contributed by atoms with Crippen molar-refractivity contribution >= 4 is 0 Å². The third kappa shape index (κ3) is 4.70. The molecule has 0 saturated carbocycles. The Bertz CT molecular complexity index is 206. The summed E-state index contributed by atoms with van der Waals surface area (Å²) in [6.45, 7) is 4.14. The van der Waals surface area contributed by atoms with Gasteiger partial charge in [0.05, 0.1) is 0 Å². The summed E-state index contributed by atoms with van der Waals surface area (Å²) in [7, 11) is 0. The van der Waals surface area contributed by atoms with Gasteiger partial charge in [-0.15, -0.1) is 0 Å². The molecule has 2 N–H and O–H groups in total. The largest absolute Gasteiger partial charge is 0.389 e. The molecular formula is C11H21F3N2. The van der Waals surface area contributed by atoms with Crippen molar-refractivity contribution in [2.75, 3.05) is 19.6 Å². The minimum absolute atomic E-state index is 0.189. The van der Waals surface area contributed by atoms with Crippen LogP contribution in [0.4, 0.5) is 13.2 Å². The number of alkyl halides is 3. The van der Waals surface area contributed by atoms with E-state index in [1.807, 2.05) is 0 Å². The first-order chi connectivity index (χ1) is 7.42. The highest BCUT2D eigenvalue weighted by atomic mass is 19.4. The molecule has 0 bridgehead atoms. The number of piperidine rings is 1. The van der Waals surface area contributed by atoms with E-state index in [0.29, 0.717) is 19.0 Å². The quantitative estimate of drug-likeness (QED) is 0.814. The van der Waals surface area contributed by atoms with Crippen LogP contribution in [0.2, 0.25) is 0 Å². The van der Waals surface area contributed by atoms with Crippen LogP contribution < -0.4 is 5.73 Å². The van der Waals surface area contributed by atoms with E-state index in [-0.39, 0.29) is 12.5 Å². The van der Waals surface area contributed by atoms with Gasteiger partial charge in [-0.2, -0.15) is 13.2 Å². The summed E-state index contributed by atoms with van der Waals surface area (Å²) in [6, 6.07) is 0.275. The van der Waals surface area contributed by atoms with Crippen LogP contribution in [0.25, 0.3) is 0 Å². The second kappa shape index (κ2) is 5.87. The zero-order valence-electron chi connectivity index (χ0n) is 9.76. The maximum atomic E-state index is 12.0. The summed E-state index contributed by atoms with van der Waals surface area (Å²) in [5.74, 6) is 0.646. The molecule has 1 rings (SSSR count). The van der Waals surface area contributed by atoms with Crippen LogP contribution in [0.3, 0.4) is 0 Å². The zero-order chi connectivity index (χ0) is 12.2. The highest BCUT2D eigenvalue weighted by Crippen LogP contribution is 2.25. The van der Waals surface area contributed by atoms with Gasteiger partial charge in [0.1, 0.15) is 0 Å². The van der Waals surface area contributed by atoms with Crippen molar-refractivity contribution in [3.8, 4) is 0 Å². The highest BCUT2D eigenvalue weighted by molar-refractivity contribution is 4.80. The fourth-order valence-electron chi connectivity index (χ4n) is 2.32. The fraction of sp³-hybridized carbons (Fsp3) is 1.00. The summed E-state index contributed by atoms with van der Waals surface area (Å²) < 4.78 is 36.0. The molecular weight excluding hydrogens is 217 g/mol. The smallest absolute Gasteiger partial charge is 0.329 e. The third-order valence-corrected chi connectivity index (χ3v) is 3.28. The van der Waals surface area contributed by atoms with Crippen LogP contribution in [-0.2, 0) is 0 Å². The van der Waals surface area contributed by atoms with Crippen molar-refractivity contribution in [1.82, 2.24) is 4.90 Å². The number of nitrogens with two attached hydrogens (primary N) is 1. The second-order valence-electron chi connectivity index (χ2n) is 4.77. The van der Waals surface area contributed by atoms with Gasteiger partial charge in [0.25, 0.3) is 0 Å². The third-order valence-electron chi connectivity index (χ3n) is 3.28. The molecule has 1 aliphatic heterocycles. The van der Waals surface area contributed by atoms with E-state index in [1.165, 1.54) is 0 Å². The van der Waals surface area contributed by atoms with E-state index in [4.69, 9.17) is 5.73 Å². The van der Waals surface area contributed by atoms with Crippen LogP contribution in [0.5, 0.6) is 0 Å². The molecule has 2 atom stereocenters. The molecule has 96 valence electrons. The number of likely N-dealkylation sites (tertiary alicyclic amines) is 1. The molecule has 0 spiro atoms. The maximum absolute atomic E-state index is 12.0. The van der Waals surface area contributed by atoms with Crippen molar-refractivity contribution in [2.24, 2.45) is 11.7 Å². The van der Waals surface area contributed by atoms with Gasteiger partial charge in [0.2, 0.25) is 0 Å². The van der Waals surface area contributed by atoms with Gasteiger partial charge in [-0.1, -0.05) is 6.92 Å². The number of hydrogen-bond donors (Lipinski definition) is 1. The van der Waals surface area contributed by atoms with Crippen LogP contribution >= 0.6 is 0 Å². The predicted octanol–water partition coefficient (Wildman–Crippen LogP) is 2.39. The molecule has 1 heterocycles. The summed E-state index contributed by atoms with van der Waals surface area (Å²) >= 11 is 0. The highest BCUT2D eigenvalue weighted by Gasteiger charge is 2.29. The first-order valence-corrected chi connectivity index (χ1v) is 5.93. The average Bonchev–Trinajstić information content (AvgIpc) is 2.18. The van der Waals surface area contributed by atoms with E-state index in [2.05, 4.69) is 11.8 Å². The number of nitrogens with zero attached hydrogens (tertiary/aromatic N) is 1. The normalized spacial score (nSPS) is 28.3. The number of hydrogen-bond acceptors (Lipinski definition) is 2. The molecule has 0 radical (unpaired) electrons. The van der Waals surface area contributed by atoms with Gasteiger partial charge >= 0.3 is 6.18 Å². The van der Waals surface area contributed by atoms with Crippen molar-refractivity contribution < 1.29 is 13.2 Å². The van der Waals surface area contributed by atoms with Gasteiger partial charge in [-0.05, 0) is 38.3 Å². The minimum atomic E-state index is -4.03. The van der Waals surface area contributed by atoms with Crippen molar-refractivity contribution in [2.45, 2.75) is 44.8 Å². The first-order valence-electron chi connectivity index (χ1n) is 5.93. The summed E-state index contributed by atoms with van der Waals surface area (Å²) in [4.78, 5) is 2.12. The van der Waals surface area contributed by atoms with Gasteiger partial charge < -0.3 is 5.73 Å². The Morgan fingerprint density at radius 2 is 2.06 bits per heavy atom. The molecule has 2 nitrogen and oxygen atoms in total. The summed E-state index contributed by atoms with van der Waals surface area (Å²) in [6.07, 6.45) is -2.43. The van der Waals surface area contributed by atoms with Crippen molar-refractivity contribution in [3.63, 3.8) is 0 Å². The van der Waals surface area contributed by atoms with E-state index in [9.17, 15) is 13.2 Å². The van der Waals surface area contributed by atoms with E-state index in [1.54, 1.807) is 0 Å². The lowest BCUT2D eigenvalue weighted by molar-refractivity contribution is -0.136. The van der Waals surface area contributed by atoms with Crippen LogP contribution in [0.15, 0.2) is 0 Å². The minimum Gasteiger partial charge on any atom is -0.329 e. The van der Waals surface area contributed by atoms with E-state index in [0.717, 1.165) is 19.4 Å². The van der Waals surface area contributed by atoms with Crippen molar-refractivity contribution in [3.05, 3.63) is 0 Å². The van der Waals surface area contributed by atoms with Crippen molar-refractivity contribution in [1.29, 1.82) is 0 Å². The first kappa shape index (κ1) is 13.8. The average molecular weight is 238 g/mol. The van der Waals surface area contributed by atoms with Gasteiger partial charge in [-0.3, -0.25) is 4.90 Å². The Hall–Kier alpha value is -0.290. The monoisotopic (exact) mass is 238 g/mol. The SMILES string of the molecule is CC1CCN(CCCC(F)(F)F)C(CN)C1. The van der Waals surface area contributed by atoms with E-state index < -0.39 is 12.6 Å². The Morgan fingerprint density at radius 1 is 1.38 bits per heavy atom. The number of rotatable bonds is 4. The Kier molecular flexibility index (Phi) is 5.05. The standard InChI is InChI=1S/C11H21F3N2/c1-9-3-6-16(10(7-9)8-15)5-2-4-11(12,13)14/h9-10H,2-8,15H2,1H3. The van der Waals surface area contributed by atoms with Gasteiger partial charge in [-0.25, -0.2) is 0 Å². The summed E-state index contributed by atoms with van der Waals surface area (Å²) in [5, 5.41) is 0. The Morgan fingerprint density at radius 3 is 2.62 bits per heavy atom. The lowest BCUT2D eigenvalue weighted by atomic mass is 9.92. The Balaban J connectivity index is 2.29. The van der Waals surface area contributed by atoms with Gasteiger partial charge in [0, 0.05) is 19.0 Å². The second-order valence-corrected chi connectivity index (χ2v) is 4.77. The molecule has 1 aliphatic rings. The lowest BCUT2D eigenvalue weighted by Gasteiger charge is -2.38. The molecule has 0 aromatic carbocycles. The molecule has 0 aromatic rings. The fourth-order valence-corrected chi connectivity index (χ4v) is 2.32. The summed E-state index contributed by atoms with van der Waals surface area (Å²) in [5.41, 5.74) is 5.65. The van der Waals surface area contributed by atoms with Crippen LogP contribution in [0, 0.1) is 5.92 Å². The maximum Gasteiger partial charge on any atom is 0.389 e. The molecule has 0 amide bonds. The molecule has 1 fully saturated rings. The van der Waals surface area contributed by atoms with E-state index >= 15 is 0 Å². The molecule has 0 aliphatic carbocycles. The molecule has 0 aromatic heterocycles. The lowest BCUT2D eigenvalue weighted by Crippen LogP contribution is -2.46. The topological polar surface area (TPSA) is 29.3 Å². The molecule has 16 heavy (non-hydrogen) atoms.